The second kappa shape index (κ2) is 7.70. The zero-order chi connectivity index (χ0) is 15.2. The summed E-state index contributed by atoms with van der Waals surface area (Å²) in [5, 5.41) is 3.29. The fraction of sp³-hybridized carbons (Fsp3) is 0.625. The van der Waals surface area contributed by atoms with E-state index in [0.717, 1.165) is 25.5 Å². The van der Waals surface area contributed by atoms with Gasteiger partial charge in [0.05, 0.1) is 5.60 Å². The molecule has 0 aliphatic rings. The molecule has 0 saturated carbocycles. The molecule has 0 aromatic heterocycles. The van der Waals surface area contributed by atoms with E-state index in [0.29, 0.717) is 12.0 Å². The van der Waals surface area contributed by atoms with E-state index in [2.05, 4.69) is 5.32 Å². The third-order valence-corrected chi connectivity index (χ3v) is 3.59. The van der Waals surface area contributed by atoms with E-state index in [-0.39, 0.29) is 11.6 Å². The molecule has 0 saturated heterocycles. The Bertz CT molecular complexity index is 421. The van der Waals surface area contributed by atoms with Crippen molar-refractivity contribution in [2.45, 2.75) is 51.7 Å². The van der Waals surface area contributed by atoms with Gasteiger partial charge in [-0.1, -0.05) is 19.1 Å². The molecule has 0 radical (unpaired) electrons. The van der Waals surface area contributed by atoms with Crippen molar-refractivity contribution in [3.8, 4) is 0 Å². The lowest BCUT2D eigenvalue weighted by Crippen LogP contribution is -2.28. The molecule has 1 N–H and O–H groups in total. The summed E-state index contributed by atoms with van der Waals surface area (Å²) in [6.07, 6.45) is 2.41. The number of methoxy groups -OCH3 is 1. The van der Waals surface area contributed by atoms with Gasteiger partial charge in [-0.25, -0.2) is 8.78 Å². The van der Waals surface area contributed by atoms with Crippen molar-refractivity contribution in [3.63, 3.8) is 0 Å². The molecule has 1 rings (SSSR count). The number of rotatable bonds is 8. The maximum absolute atomic E-state index is 13.9. The highest BCUT2D eigenvalue weighted by molar-refractivity contribution is 5.22. The van der Waals surface area contributed by atoms with Crippen molar-refractivity contribution in [2.75, 3.05) is 13.7 Å². The summed E-state index contributed by atoms with van der Waals surface area (Å²) < 4.78 is 32.7. The highest BCUT2D eigenvalue weighted by atomic mass is 19.2. The first-order valence-corrected chi connectivity index (χ1v) is 7.13. The molecule has 1 aromatic rings. The molecule has 0 aliphatic heterocycles. The van der Waals surface area contributed by atoms with Gasteiger partial charge in [0, 0.05) is 18.7 Å². The van der Waals surface area contributed by atoms with E-state index < -0.39 is 11.6 Å². The van der Waals surface area contributed by atoms with E-state index in [4.69, 9.17) is 4.74 Å². The summed E-state index contributed by atoms with van der Waals surface area (Å²) in [5.41, 5.74) is 0.126. The van der Waals surface area contributed by atoms with Gasteiger partial charge in [0.15, 0.2) is 11.6 Å². The Hall–Kier alpha value is -1.00. The Labute approximate surface area is 120 Å². The number of benzene rings is 1. The number of hydrogen-bond donors (Lipinski definition) is 1. The molecule has 0 fully saturated rings. The maximum Gasteiger partial charge on any atom is 0.163 e. The normalized spacial score (nSPS) is 13.5. The molecular weight excluding hydrogens is 260 g/mol. The van der Waals surface area contributed by atoms with Gasteiger partial charge in [0.25, 0.3) is 0 Å². The minimum Gasteiger partial charge on any atom is -0.379 e. The first kappa shape index (κ1) is 17.1. The summed E-state index contributed by atoms with van der Waals surface area (Å²) in [6, 6.07) is 4.15. The van der Waals surface area contributed by atoms with Crippen molar-refractivity contribution in [2.24, 2.45) is 0 Å². The molecule has 1 atom stereocenters. The number of halogens is 2. The Balaban J connectivity index is 2.86. The molecule has 114 valence electrons. The van der Waals surface area contributed by atoms with Crippen molar-refractivity contribution < 1.29 is 13.5 Å². The van der Waals surface area contributed by atoms with Crippen LogP contribution in [0.15, 0.2) is 18.2 Å². The number of ether oxygens (including phenoxy) is 1. The Kier molecular flexibility index (Phi) is 6.56. The lowest BCUT2D eigenvalue weighted by molar-refractivity contribution is 0.0116. The van der Waals surface area contributed by atoms with Gasteiger partial charge >= 0.3 is 0 Å². The van der Waals surface area contributed by atoms with E-state index in [1.807, 2.05) is 20.8 Å². The SMILES string of the molecule is CCCNC(CCC(C)(C)OC)c1cccc(F)c1F. The van der Waals surface area contributed by atoms with Gasteiger partial charge in [-0.2, -0.15) is 0 Å². The molecule has 0 aliphatic carbocycles. The van der Waals surface area contributed by atoms with Crippen molar-refractivity contribution >= 4 is 0 Å². The second-order valence-electron chi connectivity index (χ2n) is 5.65. The first-order chi connectivity index (χ1) is 9.41. The molecule has 0 spiro atoms. The smallest absolute Gasteiger partial charge is 0.163 e. The average molecular weight is 285 g/mol. The molecule has 1 unspecified atom stereocenters. The largest absolute Gasteiger partial charge is 0.379 e. The highest BCUT2D eigenvalue weighted by Gasteiger charge is 2.22. The number of nitrogens with one attached hydrogen (secondary N) is 1. The van der Waals surface area contributed by atoms with Crippen LogP contribution < -0.4 is 5.32 Å². The van der Waals surface area contributed by atoms with Crippen LogP contribution in [0.2, 0.25) is 0 Å². The lowest BCUT2D eigenvalue weighted by Gasteiger charge is -2.27. The zero-order valence-electron chi connectivity index (χ0n) is 12.8. The Morgan fingerprint density at radius 2 is 2.00 bits per heavy atom. The van der Waals surface area contributed by atoms with Crippen molar-refractivity contribution in [1.29, 1.82) is 0 Å². The van der Waals surface area contributed by atoms with E-state index in [1.165, 1.54) is 0 Å². The molecule has 20 heavy (non-hydrogen) atoms. The van der Waals surface area contributed by atoms with Crippen LogP contribution in [-0.2, 0) is 4.74 Å². The predicted octanol–water partition coefficient (Wildman–Crippen LogP) is 4.21. The minimum atomic E-state index is -0.795. The monoisotopic (exact) mass is 285 g/mol. The van der Waals surface area contributed by atoms with Gasteiger partial charge in [-0.15, -0.1) is 0 Å². The van der Waals surface area contributed by atoms with Crippen LogP contribution in [0, 0.1) is 11.6 Å². The Morgan fingerprint density at radius 1 is 1.30 bits per heavy atom. The summed E-state index contributed by atoms with van der Waals surface area (Å²) in [6.45, 7) is 6.80. The van der Waals surface area contributed by atoms with Gasteiger partial charge in [-0.3, -0.25) is 0 Å². The molecular formula is C16H25F2NO. The van der Waals surface area contributed by atoms with E-state index >= 15 is 0 Å². The van der Waals surface area contributed by atoms with Crippen LogP contribution in [-0.4, -0.2) is 19.3 Å². The first-order valence-electron chi connectivity index (χ1n) is 7.13. The van der Waals surface area contributed by atoms with Crippen LogP contribution >= 0.6 is 0 Å². The summed E-state index contributed by atoms with van der Waals surface area (Å²) in [7, 11) is 1.66. The summed E-state index contributed by atoms with van der Waals surface area (Å²) >= 11 is 0. The Morgan fingerprint density at radius 3 is 2.60 bits per heavy atom. The molecule has 0 amide bonds. The molecule has 2 nitrogen and oxygen atoms in total. The molecule has 4 heteroatoms. The standard InChI is InChI=1S/C16H25F2NO/c1-5-11-19-14(9-10-16(2,3)20-4)12-7-6-8-13(17)15(12)18/h6-8,14,19H,5,9-11H2,1-4H3. The van der Waals surface area contributed by atoms with Gasteiger partial charge in [-0.05, 0) is 45.7 Å². The van der Waals surface area contributed by atoms with Crippen LogP contribution in [0.25, 0.3) is 0 Å². The average Bonchev–Trinajstić information content (AvgIpc) is 2.43. The van der Waals surface area contributed by atoms with Gasteiger partial charge in [0.1, 0.15) is 0 Å². The molecule has 1 aromatic carbocycles. The molecule has 0 heterocycles. The van der Waals surface area contributed by atoms with Crippen molar-refractivity contribution in [1.82, 2.24) is 5.32 Å². The van der Waals surface area contributed by atoms with E-state index in [1.54, 1.807) is 19.2 Å². The minimum absolute atomic E-state index is 0.194. The lowest BCUT2D eigenvalue weighted by atomic mass is 9.94. The van der Waals surface area contributed by atoms with Crippen LogP contribution in [0.3, 0.4) is 0 Å². The van der Waals surface area contributed by atoms with Gasteiger partial charge < -0.3 is 10.1 Å². The fourth-order valence-electron chi connectivity index (χ4n) is 2.07. The summed E-state index contributed by atoms with van der Waals surface area (Å²) in [5.74, 6) is -1.55. The second-order valence-corrected chi connectivity index (χ2v) is 5.65. The third-order valence-electron chi connectivity index (χ3n) is 3.59. The number of hydrogen-bond acceptors (Lipinski definition) is 2. The van der Waals surface area contributed by atoms with Crippen LogP contribution in [0.4, 0.5) is 8.78 Å². The maximum atomic E-state index is 13.9. The zero-order valence-corrected chi connectivity index (χ0v) is 12.8. The third kappa shape index (κ3) is 4.84. The molecule has 0 bridgehead atoms. The van der Waals surface area contributed by atoms with E-state index in [9.17, 15) is 8.78 Å². The van der Waals surface area contributed by atoms with Crippen LogP contribution in [0.5, 0.6) is 0 Å². The predicted molar refractivity (Wildman–Crippen MR) is 77.7 cm³/mol. The van der Waals surface area contributed by atoms with Crippen molar-refractivity contribution in [3.05, 3.63) is 35.4 Å². The van der Waals surface area contributed by atoms with Crippen LogP contribution in [0.1, 0.15) is 51.6 Å². The van der Waals surface area contributed by atoms with Gasteiger partial charge in [0.2, 0.25) is 0 Å². The summed E-state index contributed by atoms with van der Waals surface area (Å²) in [4.78, 5) is 0. The topological polar surface area (TPSA) is 21.3 Å². The quantitative estimate of drug-likeness (QED) is 0.772. The fourth-order valence-corrected chi connectivity index (χ4v) is 2.07. The highest BCUT2D eigenvalue weighted by Crippen LogP contribution is 2.27.